The minimum absolute atomic E-state index is 0.205. The Morgan fingerprint density at radius 2 is 2.20 bits per heavy atom. The molecule has 1 aliphatic rings. The summed E-state index contributed by atoms with van der Waals surface area (Å²) in [6, 6.07) is -0.188. The number of likely N-dealkylation sites (tertiary alicyclic amines) is 1. The van der Waals surface area contributed by atoms with E-state index in [0.717, 1.165) is 0 Å². The molecule has 1 unspecified atom stereocenters. The molecule has 0 aliphatic carbocycles. The van der Waals surface area contributed by atoms with Crippen LogP contribution in [0.1, 0.15) is 39.7 Å². The molecule has 1 aromatic rings. The molecule has 1 aliphatic heterocycles. The standard InChI is InChI=1S/C13H20N4O3/c1-9(2)17-8-10(7-14-17)15-12(20)16-6-4-5-13(16,3)11(18)19/h7-9H,4-6H2,1-3H3,(H,15,20)(H,18,19). The van der Waals surface area contributed by atoms with Gasteiger partial charge >= 0.3 is 12.0 Å². The molecule has 0 aromatic carbocycles. The van der Waals surface area contributed by atoms with Gasteiger partial charge in [-0.15, -0.1) is 0 Å². The number of hydrogen-bond donors (Lipinski definition) is 2. The third kappa shape index (κ3) is 2.48. The Morgan fingerprint density at radius 1 is 1.50 bits per heavy atom. The molecule has 2 N–H and O–H groups in total. The molecule has 1 saturated heterocycles. The zero-order chi connectivity index (χ0) is 14.9. The fraction of sp³-hybridized carbons (Fsp3) is 0.615. The van der Waals surface area contributed by atoms with Gasteiger partial charge in [-0.1, -0.05) is 0 Å². The molecule has 0 saturated carbocycles. The van der Waals surface area contributed by atoms with Gasteiger partial charge in [-0.3, -0.25) is 4.68 Å². The van der Waals surface area contributed by atoms with E-state index in [0.29, 0.717) is 25.1 Å². The Hall–Kier alpha value is -2.05. The van der Waals surface area contributed by atoms with Gasteiger partial charge in [0, 0.05) is 18.8 Å². The van der Waals surface area contributed by atoms with Crippen LogP contribution in [0.2, 0.25) is 0 Å². The second-order valence-electron chi connectivity index (χ2n) is 5.57. The Bertz CT molecular complexity index is 525. The van der Waals surface area contributed by atoms with Gasteiger partial charge in [0.1, 0.15) is 5.54 Å². The number of nitrogens with one attached hydrogen (secondary N) is 1. The number of carbonyl (C=O) groups is 2. The SMILES string of the molecule is CC(C)n1cc(NC(=O)N2CCCC2(C)C(=O)O)cn1. The van der Waals surface area contributed by atoms with E-state index in [1.807, 2.05) is 13.8 Å². The summed E-state index contributed by atoms with van der Waals surface area (Å²) in [5.41, 5.74) is -0.554. The van der Waals surface area contributed by atoms with Crippen molar-refractivity contribution in [2.45, 2.75) is 45.2 Å². The van der Waals surface area contributed by atoms with E-state index in [1.165, 1.54) is 4.90 Å². The average Bonchev–Trinajstić information content (AvgIpc) is 2.96. The molecule has 1 atom stereocenters. The third-order valence-electron chi connectivity index (χ3n) is 3.73. The van der Waals surface area contributed by atoms with E-state index in [9.17, 15) is 14.7 Å². The maximum Gasteiger partial charge on any atom is 0.329 e. The molecule has 1 fully saturated rings. The molecule has 20 heavy (non-hydrogen) atoms. The van der Waals surface area contributed by atoms with Crippen LogP contribution in [0.25, 0.3) is 0 Å². The quantitative estimate of drug-likeness (QED) is 0.885. The van der Waals surface area contributed by atoms with Crippen LogP contribution < -0.4 is 5.32 Å². The third-order valence-corrected chi connectivity index (χ3v) is 3.73. The number of anilines is 1. The maximum atomic E-state index is 12.2. The lowest BCUT2D eigenvalue weighted by atomic mass is 10.00. The number of aliphatic carboxylic acids is 1. The molecule has 2 heterocycles. The van der Waals surface area contributed by atoms with Crippen LogP contribution in [0.3, 0.4) is 0 Å². The molecule has 7 nitrogen and oxygen atoms in total. The molecule has 7 heteroatoms. The summed E-state index contributed by atoms with van der Waals surface area (Å²) in [5.74, 6) is -0.969. The van der Waals surface area contributed by atoms with E-state index in [4.69, 9.17) is 0 Å². The van der Waals surface area contributed by atoms with Crippen molar-refractivity contribution in [1.82, 2.24) is 14.7 Å². The first-order valence-electron chi connectivity index (χ1n) is 6.71. The second kappa shape index (κ2) is 5.15. The first kappa shape index (κ1) is 14.4. The zero-order valence-electron chi connectivity index (χ0n) is 12.0. The van der Waals surface area contributed by atoms with E-state index in [-0.39, 0.29) is 6.04 Å². The number of urea groups is 1. The van der Waals surface area contributed by atoms with Gasteiger partial charge in [0.05, 0.1) is 11.9 Å². The van der Waals surface area contributed by atoms with Crippen molar-refractivity contribution in [3.05, 3.63) is 12.4 Å². The summed E-state index contributed by atoms with van der Waals surface area (Å²) in [7, 11) is 0. The summed E-state index contributed by atoms with van der Waals surface area (Å²) in [5, 5.41) is 16.1. The number of rotatable bonds is 3. The van der Waals surface area contributed by atoms with Gasteiger partial charge in [0.25, 0.3) is 0 Å². The van der Waals surface area contributed by atoms with Crippen LogP contribution in [0.5, 0.6) is 0 Å². The average molecular weight is 280 g/mol. The Balaban J connectivity index is 2.09. The normalized spacial score (nSPS) is 22.3. The lowest BCUT2D eigenvalue weighted by molar-refractivity contribution is -0.146. The number of aromatic nitrogens is 2. The molecule has 110 valence electrons. The molecule has 0 radical (unpaired) electrons. The summed E-state index contributed by atoms with van der Waals surface area (Å²) in [6.45, 7) is 6.01. The topological polar surface area (TPSA) is 87.5 Å². The lowest BCUT2D eigenvalue weighted by Crippen LogP contribution is -2.52. The van der Waals surface area contributed by atoms with E-state index >= 15 is 0 Å². The van der Waals surface area contributed by atoms with Crippen LogP contribution in [0.15, 0.2) is 12.4 Å². The summed E-state index contributed by atoms with van der Waals surface area (Å²) in [4.78, 5) is 25.0. The predicted molar refractivity (Wildman–Crippen MR) is 73.6 cm³/mol. The molecular weight excluding hydrogens is 260 g/mol. The van der Waals surface area contributed by atoms with Crippen LogP contribution in [-0.4, -0.2) is 43.9 Å². The largest absolute Gasteiger partial charge is 0.480 e. The van der Waals surface area contributed by atoms with Crippen LogP contribution in [0.4, 0.5) is 10.5 Å². The van der Waals surface area contributed by atoms with E-state index < -0.39 is 17.5 Å². The number of carbonyl (C=O) groups excluding carboxylic acids is 1. The van der Waals surface area contributed by atoms with Crippen molar-refractivity contribution in [1.29, 1.82) is 0 Å². The van der Waals surface area contributed by atoms with Crippen LogP contribution in [-0.2, 0) is 4.79 Å². The lowest BCUT2D eigenvalue weighted by Gasteiger charge is -2.30. The Kier molecular flexibility index (Phi) is 3.69. The predicted octanol–water partition coefficient (Wildman–Crippen LogP) is 1.94. The summed E-state index contributed by atoms with van der Waals surface area (Å²) < 4.78 is 1.73. The van der Waals surface area contributed by atoms with Crippen molar-refractivity contribution in [2.24, 2.45) is 0 Å². The Morgan fingerprint density at radius 3 is 2.75 bits per heavy atom. The maximum absolute atomic E-state index is 12.2. The second-order valence-corrected chi connectivity index (χ2v) is 5.57. The fourth-order valence-corrected chi connectivity index (χ4v) is 2.39. The van der Waals surface area contributed by atoms with Gasteiger partial charge in [-0.05, 0) is 33.6 Å². The molecule has 2 rings (SSSR count). The van der Waals surface area contributed by atoms with Crippen molar-refractivity contribution >= 4 is 17.7 Å². The summed E-state index contributed by atoms with van der Waals surface area (Å²) in [6.07, 6.45) is 4.46. The first-order valence-corrected chi connectivity index (χ1v) is 6.71. The molecule has 0 bridgehead atoms. The minimum atomic E-state index is -1.13. The van der Waals surface area contributed by atoms with E-state index in [1.54, 1.807) is 24.0 Å². The number of carboxylic acids is 1. The summed E-state index contributed by atoms with van der Waals surface area (Å²) >= 11 is 0. The fourth-order valence-electron chi connectivity index (χ4n) is 2.39. The van der Waals surface area contributed by atoms with E-state index in [2.05, 4.69) is 10.4 Å². The first-order chi connectivity index (χ1) is 9.34. The number of nitrogens with zero attached hydrogens (tertiary/aromatic N) is 3. The van der Waals surface area contributed by atoms with Crippen molar-refractivity contribution in [2.75, 3.05) is 11.9 Å². The molecule has 2 amide bonds. The molecule has 1 aromatic heterocycles. The van der Waals surface area contributed by atoms with Crippen LogP contribution in [0, 0.1) is 0 Å². The van der Waals surface area contributed by atoms with Gasteiger partial charge in [-0.25, -0.2) is 9.59 Å². The van der Waals surface area contributed by atoms with Crippen molar-refractivity contribution in [3.63, 3.8) is 0 Å². The smallest absolute Gasteiger partial charge is 0.329 e. The molecule has 0 spiro atoms. The number of carboxylic acid groups (broad SMARTS) is 1. The number of hydrogen-bond acceptors (Lipinski definition) is 3. The van der Waals surface area contributed by atoms with Crippen molar-refractivity contribution < 1.29 is 14.7 Å². The number of amides is 2. The van der Waals surface area contributed by atoms with Gasteiger partial charge in [0.2, 0.25) is 0 Å². The van der Waals surface area contributed by atoms with Gasteiger partial charge < -0.3 is 15.3 Å². The van der Waals surface area contributed by atoms with Gasteiger partial charge in [-0.2, -0.15) is 5.10 Å². The monoisotopic (exact) mass is 280 g/mol. The highest BCUT2D eigenvalue weighted by molar-refractivity contribution is 5.94. The molecular formula is C13H20N4O3. The Labute approximate surface area is 117 Å². The van der Waals surface area contributed by atoms with Crippen LogP contribution >= 0.6 is 0 Å². The highest BCUT2D eigenvalue weighted by atomic mass is 16.4. The van der Waals surface area contributed by atoms with Gasteiger partial charge in [0.15, 0.2) is 0 Å². The zero-order valence-corrected chi connectivity index (χ0v) is 12.0. The highest BCUT2D eigenvalue weighted by Gasteiger charge is 2.46. The minimum Gasteiger partial charge on any atom is -0.480 e. The highest BCUT2D eigenvalue weighted by Crippen LogP contribution is 2.29. The van der Waals surface area contributed by atoms with Crippen molar-refractivity contribution in [3.8, 4) is 0 Å².